The van der Waals surface area contributed by atoms with Crippen LogP contribution in [0, 0.1) is 11.3 Å². The molecule has 0 aliphatic carbocycles. The fourth-order valence-corrected chi connectivity index (χ4v) is 3.87. The van der Waals surface area contributed by atoms with Gasteiger partial charge in [-0.15, -0.1) is 0 Å². The van der Waals surface area contributed by atoms with Crippen LogP contribution in [0.15, 0.2) is 24.3 Å². The molecule has 2 aliphatic rings. The van der Waals surface area contributed by atoms with E-state index in [9.17, 15) is 4.79 Å². The highest BCUT2D eigenvalue weighted by Gasteiger charge is 2.30. The third kappa shape index (κ3) is 5.52. The molecule has 0 radical (unpaired) electrons. The summed E-state index contributed by atoms with van der Waals surface area (Å²) < 4.78 is 6.06. The summed E-state index contributed by atoms with van der Waals surface area (Å²) in [4.78, 5) is 17.2. The summed E-state index contributed by atoms with van der Waals surface area (Å²) in [5.41, 5.74) is 1.06. The Kier molecular flexibility index (Phi) is 7.22. The molecule has 0 spiro atoms. The zero-order valence-electron chi connectivity index (χ0n) is 16.2. The number of rotatable bonds is 7. The highest BCUT2D eigenvalue weighted by atomic mass is 16.5. The van der Waals surface area contributed by atoms with Crippen LogP contribution >= 0.6 is 0 Å². The third-order valence-electron chi connectivity index (χ3n) is 5.62. The van der Waals surface area contributed by atoms with Gasteiger partial charge in [0.2, 0.25) is 5.91 Å². The second-order valence-corrected chi connectivity index (χ2v) is 7.50. The number of anilines is 1. The van der Waals surface area contributed by atoms with Crippen molar-refractivity contribution in [1.82, 2.24) is 9.80 Å². The Labute approximate surface area is 162 Å². The summed E-state index contributed by atoms with van der Waals surface area (Å²) in [6, 6.07) is 8.96. The van der Waals surface area contributed by atoms with Crippen LogP contribution in [0.3, 0.4) is 0 Å². The average Bonchev–Trinajstić information content (AvgIpc) is 3.17. The zero-order valence-corrected chi connectivity index (χ0v) is 16.2. The number of hydrogen-bond donors (Lipinski definition) is 1. The summed E-state index contributed by atoms with van der Waals surface area (Å²) in [7, 11) is 0. The van der Waals surface area contributed by atoms with Gasteiger partial charge in [0.05, 0.1) is 30.0 Å². The molecule has 1 aromatic carbocycles. The zero-order chi connectivity index (χ0) is 19.1. The second-order valence-electron chi connectivity index (χ2n) is 7.50. The molecule has 2 atom stereocenters. The molecule has 0 bridgehead atoms. The lowest BCUT2D eigenvalue weighted by Gasteiger charge is -2.27. The lowest BCUT2D eigenvalue weighted by Crippen LogP contribution is -2.41. The molecule has 1 amide bonds. The van der Waals surface area contributed by atoms with E-state index in [-0.39, 0.29) is 18.1 Å². The van der Waals surface area contributed by atoms with E-state index in [1.807, 2.05) is 13.0 Å². The van der Waals surface area contributed by atoms with Crippen LogP contribution in [0.25, 0.3) is 0 Å². The second kappa shape index (κ2) is 9.84. The van der Waals surface area contributed by atoms with Gasteiger partial charge in [-0.25, -0.2) is 0 Å². The van der Waals surface area contributed by atoms with Gasteiger partial charge < -0.3 is 15.0 Å². The van der Waals surface area contributed by atoms with Crippen molar-refractivity contribution in [2.75, 3.05) is 44.6 Å². The molecule has 6 nitrogen and oxygen atoms in total. The first-order chi connectivity index (χ1) is 13.2. The van der Waals surface area contributed by atoms with Gasteiger partial charge in [0.15, 0.2) is 0 Å². The number of benzene rings is 1. The standard InChI is InChI=1S/C21H30N4O2/c1-17(21(26)23-20-8-4-3-7-18(20)15-22)25-12-9-19(16-25)27-14-13-24-10-5-2-6-11-24/h3-4,7-8,17,19H,2,5-6,9-14,16H2,1H3,(H,23,26)/t17-,19-/m1/s1. The van der Waals surface area contributed by atoms with Crippen molar-refractivity contribution < 1.29 is 9.53 Å². The van der Waals surface area contributed by atoms with Gasteiger partial charge in [0.25, 0.3) is 0 Å². The van der Waals surface area contributed by atoms with E-state index in [0.29, 0.717) is 11.3 Å². The smallest absolute Gasteiger partial charge is 0.241 e. The molecule has 6 heteroatoms. The first-order valence-corrected chi connectivity index (χ1v) is 10.1. The number of ether oxygens (including phenoxy) is 1. The Bertz CT molecular complexity index is 666. The number of nitrogens with one attached hydrogen (secondary N) is 1. The molecule has 2 aliphatic heterocycles. The Hall–Kier alpha value is -1.94. The van der Waals surface area contributed by atoms with Crippen molar-refractivity contribution >= 4 is 11.6 Å². The predicted octanol–water partition coefficient (Wildman–Crippen LogP) is 2.46. The van der Waals surface area contributed by atoms with E-state index in [2.05, 4.69) is 21.2 Å². The SMILES string of the molecule is C[C@H](C(=O)Nc1ccccc1C#N)N1CC[C@@H](OCCN2CCCCC2)C1. The van der Waals surface area contributed by atoms with E-state index in [0.717, 1.165) is 32.7 Å². The quantitative estimate of drug-likeness (QED) is 0.798. The predicted molar refractivity (Wildman–Crippen MR) is 105 cm³/mol. The first-order valence-electron chi connectivity index (χ1n) is 10.1. The molecule has 27 heavy (non-hydrogen) atoms. The highest BCUT2D eigenvalue weighted by molar-refractivity contribution is 5.95. The third-order valence-corrected chi connectivity index (χ3v) is 5.62. The van der Waals surface area contributed by atoms with E-state index >= 15 is 0 Å². The molecular formula is C21H30N4O2. The van der Waals surface area contributed by atoms with Gasteiger partial charge in [0, 0.05) is 19.6 Å². The lowest BCUT2D eigenvalue weighted by atomic mass is 10.1. The Morgan fingerprint density at radius 2 is 2.07 bits per heavy atom. The van der Waals surface area contributed by atoms with E-state index < -0.39 is 0 Å². The number of para-hydroxylation sites is 1. The van der Waals surface area contributed by atoms with Crippen molar-refractivity contribution in [2.24, 2.45) is 0 Å². The van der Waals surface area contributed by atoms with Crippen molar-refractivity contribution in [3.05, 3.63) is 29.8 Å². The molecule has 146 valence electrons. The van der Waals surface area contributed by atoms with Crippen LogP contribution in [0.5, 0.6) is 0 Å². The largest absolute Gasteiger partial charge is 0.376 e. The van der Waals surface area contributed by atoms with Crippen LogP contribution in [0.2, 0.25) is 0 Å². The number of nitrogens with zero attached hydrogens (tertiary/aromatic N) is 3. The topological polar surface area (TPSA) is 68.6 Å². The van der Waals surface area contributed by atoms with Crippen LogP contribution in [-0.4, -0.2) is 67.2 Å². The average molecular weight is 370 g/mol. The minimum Gasteiger partial charge on any atom is -0.376 e. The molecular weight excluding hydrogens is 340 g/mol. The number of nitriles is 1. The normalized spacial score (nSPS) is 22.3. The van der Waals surface area contributed by atoms with E-state index in [4.69, 9.17) is 10.00 Å². The molecule has 0 saturated carbocycles. The van der Waals surface area contributed by atoms with Gasteiger partial charge in [-0.05, 0) is 51.4 Å². The van der Waals surface area contributed by atoms with Crippen LogP contribution in [0.4, 0.5) is 5.69 Å². The van der Waals surface area contributed by atoms with E-state index in [1.165, 1.54) is 32.4 Å². The Morgan fingerprint density at radius 1 is 1.30 bits per heavy atom. The summed E-state index contributed by atoms with van der Waals surface area (Å²) in [6.45, 7) is 7.74. The molecule has 0 unspecified atom stereocenters. The monoisotopic (exact) mass is 370 g/mol. The van der Waals surface area contributed by atoms with E-state index in [1.54, 1.807) is 18.2 Å². The Balaban J connectivity index is 1.42. The summed E-state index contributed by atoms with van der Waals surface area (Å²) in [5, 5.41) is 12.0. The summed E-state index contributed by atoms with van der Waals surface area (Å²) >= 11 is 0. The maximum Gasteiger partial charge on any atom is 0.241 e. The van der Waals surface area contributed by atoms with Gasteiger partial charge in [-0.3, -0.25) is 9.69 Å². The maximum absolute atomic E-state index is 12.6. The van der Waals surface area contributed by atoms with Crippen LogP contribution in [0.1, 0.15) is 38.2 Å². The fraction of sp³-hybridized carbons (Fsp3) is 0.619. The minimum atomic E-state index is -0.243. The van der Waals surface area contributed by atoms with Crippen LogP contribution in [-0.2, 0) is 9.53 Å². The number of hydrogen-bond acceptors (Lipinski definition) is 5. The van der Waals surface area contributed by atoms with Gasteiger partial charge in [0.1, 0.15) is 6.07 Å². The fourth-order valence-electron chi connectivity index (χ4n) is 3.87. The highest BCUT2D eigenvalue weighted by Crippen LogP contribution is 2.19. The molecule has 2 heterocycles. The van der Waals surface area contributed by atoms with Crippen molar-refractivity contribution in [1.29, 1.82) is 5.26 Å². The number of piperidine rings is 1. The van der Waals surface area contributed by atoms with Gasteiger partial charge >= 0.3 is 0 Å². The van der Waals surface area contributed by atoms with Crippen LogP contribution < -0.4 is 5.32 Å². The number of amides is 1. The van der Waals surface area contributed by atoms with Crippen molar-refractivity contribution in [3.8, 4) is 6.07 Å². The molecule has 3 rings (SSSR count). The number of carbonyl (C=O) groups excluding carboxylic acids is 1. The van der Waals surface area contributed by atoms with Crippen molar-refractivity contribution in [3.63, 3.8) is 0 Å². The molecule has 2 fully saturated rings. The summed E-state index contributed by atoms with van der Waals surface area (Å²) in [5.74, 6) is -0.0772. The molecule has 0 aromatic heterocycles. The molecule has 1 N–H and O–H groups in total. The maximum atomic E-state index is 12.6. The number of likely N-dealkylation sites (tertiary alicyclic amines) is 2. The van der Waals surface area contributed by atoms with Crippen molar-refractivity contribution in [2.45, 2.75) is 44.8 Å². The van der Waals surface area contributed by atoms with Gasteiger partial charge in [-0.1, -0.05) is 18.6 Å². The lowest BCUT2D eigenvalue weighted by molar-refractivity contribution is -0.120. The molecule has 2 saturated heterocycles. The summed E-state index contributed by atoms with van der Waals surface area (Å²) in [6.07, 6.45) is 5.13. The Morgan fingerprint density at radius 3 is 2.85 bits per heavy atom. The van der Waals surface area contributed by atoms with Gasteiger partial charge in [-0.2, -0.15) is 5.26 Å². The first kappa shape index (κ1) is 19.8. The molecule has 1 aromatic rings. The number of carbonyl (C=O) groups is 1. The minimum absolute atomic E-state index is 0.0772.